The van der Waals surface area contributed by atoms with Crippen molar-refractivity contribution in [3.8, 4) is 17.2 Å². The van der Waals surface area contributed by atoms with Gasteiger partial charge in [-0.2, -0.15) is 0 Å². The number of benzene rings is 3. The third-order valence-electron chi connectivity index (χ3n) is 7.00. The minimum atomic E-state index is -0.799. The number of rotatable bonds is 10. The van der Waals surface area contributed by atoms with Crippen LogP contribution >= 0.6 is 61.5 Å². The Kier molecular flexibility index (Phi) is 11.0. The number of hydrogen-bond donors (Lipinski definition) is 0. The molecule has 5 rings (SSSR count). The Labute approximate surface area is 297 Å². The van der Waals surface area contributed by atoms with E-state index in [1.807, 2.05) is 50.2 Å². The molecule has 0 fully saturated rings. The smallest absolute Gasteiger partial charge is 0.338 e. The molecule has 1 aromatic heterocycles. The molecule has 1 aliphatic heterocycles. The zero-order valence-corrected chi connectivity index (χ0v) is 31.0. The lowest BCUT2D eigenvalue weighted by atomic mass is 9.95. The molecular formula is C34H31BrClIN2O6S. The van der Waals surface area contributed by atoms with Crippen molar-refractivity contribution in [3.05, 3.63) is 115 Å². The number of fused-ring (bicyclic) bond motifs is 1. The highest BCUT2D eigenvalue weighted by Crippen LogP contribution is 2.37. The van der Waals surface area contributed by atoms with E-state index in [4.69, 9.17) is 30.5 Å². The Hall–Kier alpha value is -3.13. The molecule has 0 aliphatic carbocycles. The van der Waals surface area contributed by atoms with Gasteiger partial charge < -0.3 is 18.9 Å². The summed E-state index contributed by atoms with van der Waals surface area (Å²) >= 11 is 13.7. The number of methoxy groups -OCH3 is 1. The Morgan fingerprint density at radius 3 is 2.54 bits per heavy atom. The molecule has 0 amide bonds. The number of ether oxygens (including phenoxy) is 4. The van der Waals surface area contributed by atoms with Crippen molar-refractivity contribution in [1.29, 1.82) is 0 Å². The minimum Gasteiger partial charge on any atom is -0.493 e. The van der Waals surface area contributed by atoms with Crippen LogP contribution in [0.25, 0.3) is 6.08 Å². The molecule has 1 aliphatic rings. The SMILES string of the molecule is CCOC(=O)C1=C(C)N=c2s/c(=C\c3cc(Cl)c(OCc4ccc(I)cc4)c(Br)c3)c(=O)n2[C@@H]1c1ccc(OC(C)C)c(OC)c1. The van der Waals surface area contributed by atoms with E-state index in [9.17, 15) is 9.59 Å². The van der Waals surface area contributed by atoms with Crippen LogP contribution in [0.4, 0.5) is 0 Å². The average molecular weight is 838 g/mol. The fourth-order valence-corrected chi connectivity index (χ4v) is 7.40. The maximum absolute atomic E-state index is 14.1. The normalized spacial score (nSPS) is 14.6. The summed E-state index contributed by atoms with van der Waals surface area (Å²) < 4.78 is 26.7. The van der Waals surface area contributed by atoms with Crippen LogP contribution in [-0.2, 0) is 16.1 Å². The van der Waals surface area contributed by atoms with Gasteiger partial charge in [-0.3, -0.25) is 9.36 Å². The summed E-state index contributed by atoms with van der Waals surface area (Å²) in [7, 11) is 1.55. The predicted octanol–water partition coefficient (Wildman–Crippen LogP) is 7.19. The van der Waals surface area contributed by atoms with Crippen molar-refractivity contribution in [2.24, 2.45) is 4.99 Å². The summed E-state index contributed by atoms with van der Waals surface area (Å²) in [5.41, 5.74) is 2.80. The molecule has 0 N–H and O–H groups in total. The number of thiazole rings is 1. The predicted molar refractivity (Wildman–Crippen MR) is 192 cm³/mol. The lowest BCUT2D eigenvalue weighted by Crippen LogP contribution is -2.40. The molecular weight excluding hydrogens is 807 g/mol. The summed E-state index contributed by atoms with van der Waals surface area (Å²) in [5, 5.41) is 0.396. The number of allylic oxidation sites excluding steroid dienone is 1. The first-order valence-electron chi connectivity index (χ1n) is 14.4. The molecule has 0 saturated carbocycles. The average Bonchev–Trinajstić information content (AvgIpc) is 3.30. The summed E-state index contributed by atoms with van der Waals surface area (Å²) in [6, 6.07) is 16.2. The van der Waals surface area contributed by atoms with Gasteiger partial charge >= 0.3 is 5.97 Å². The number of esters is 1. The van der Waals surface area contributed by atoms with Crippen molar-refractivity contribution in [1.82, 2.24) is 4.57 Å². The number of hydrogen-bond acceptors (Lipinski definition) is 8. The van der Waals surface area contributed by atoms with Gasteiger partial charge in [-0.25, -0.2) is 9.79 Å². The fraction of sp³-hybridized carbons (Fsp3) is 0.265. The molecule has 46 heavy (non-hydrogen) atoms. The Bertz CT molecular complexity index is 1980. The van der Waals surface area contributed by atoms with E-state index in [-0.39, 0.29) is 23.8 Å². The van der Waals surface area contributed by atoms with E-state index >= 15 is 0 Å². The largest absolute Gasteiger partial charge is 0.493 e. The van der Waals surface area contributed by atoms with Gasteiger partial charge in [-0.1, -0.05) is 41.1 Å². The van der Waals surface area contributed by atoms with Crippen molar-refractivity contribution < 1.29 is 23.7 Å². The first-order valence-corrected chi connectivity index (χ1v) is 17.5. The number of aromatic nitrogens is 1. The highest BCUT2D eigenvalue weighted by Gasteiger charge is 2.34. The van der Waals surface area contributed by atoms with Gasteiger partial charge in [0, 0.05) is 3.57 Å². The van der Waals surface area contributed by atoms with Gasteiger partial charge in [0.1, 0.15) is 6.61 Å². The van der Waals surface area contributed by atoms with Crippen LogP contribution < -0.4 is 29.1 Å². The summed E-state index contributed by atoms with van der Waals surface area (Å²) in [5.74, 6) is 1.00. The molecule has 1 atom stereocenters. The second-order valence-corrected chi connectivity index (χ2v) is 14.1. The standard InChI is InChI=1S/C34H31BrClIN2O6S/c1-6-43-33(41)29-19(4)38-34-39(30(29)22-9-12-26(45-18(2)3)27(16-22)42-5)32(40)28(46-34)15-21-13-24(35)31(25(36)14-21)44-17-20-7-10-23(37)11-8-20/h7-16,18,30H,6,17H2,1-5H3/b28-15-/t30-/m1/s1. The molecule has 8 nitrogen and oxygen atoms in total. The van der Waals surface area contributed by atoms with E-state index < -0.39 is 12.0 Å². The molecule has 240 valence electrons. The van der Waals surface area contributed by atoms with Gasteiger partial charge in [0.15, 0.2) is 22.0 Å². The van der Waals surface area contributed by atoms with Crippen molar-refractivity contribution in [3.63, 3.8) is 0 Å². The van der Waals surface area contributed by atoms with Crippen LogP contribution in [0.15, 0.2) is 80.1 Å². The van der Waals surface area contributed by atoms with Crippen LogP contribution in [0.2, 0.25) is 5.02 Å². The zero-order chi connectivity index (χ0) is 33.1. The third kappa shape index (κ3) is 7.37. The Morgan fingerprint density at radius 2 is 1.89 bits per heavy atom. The lowest BCUT2D eigenvalue weighted by Gasteiger charge is -2.25. The molecule has 0 saturated heterocycles. The van der Waals surface area contributed by atoms with Gasteiger partial charge in [0.25, 0.3) is 5.56 Å². The first-order chi connectivity index (χ1) is 22.0. The molecule has 0 unspecified atom stereocenters. The fourth-order valence-electron chi connectivity index (χ4n) is 5.00. The second-order valence-electron chi connectivity index (χ2n) is 10.6. The quantitative estimate of drug-likeness (QED) is 0.124. The monoisotopic (exact) mass is 836 g/mol. The van der Waals surface area contributed by atoms with E-state index in [0.717, 1.165) is 9.13 Å². The van der Waals surface area contributed by atoms with E-state index in [0.29, 0.717) is 59.5 Å². The maximum Gasteiger partial charge on any atom is 0.338 e. The number of halogens is 3. The van der Waals surface area contributed by atoms with Crippen LogP contribution in [0, 0.1) is 3.57 Å². The summed E-state index contributed by atoms with van der Waals surface area (Å²) in [6.07, 6.45) is 1.68. The van der Waals surface area contributed by atoms with Crippen molar-refractivity contribution in [2.45, 2.75) is 46.4 Å². The van der Waals surface area contributed by atoms with Crippen molar-refractivity contribution >= 4 is 73.5 Å². The lowest BCUT2D eigenvalue weighted by molar-refractivity contribution is -0.139. The number of carbonyl (C=O) groups excluding carboxylic acids is 1. The number of carbonyl (C=O) groups is 1. The molecule has 12 heteroatoms. The Morgan fingerprint density at radius 1 is 1.15 bits per heavy atom. The highest BCUT2D eigenvalue weighted by molar-refractivity contribution is 14.1. The molecule has 0 spiro atoms. The molecule has 4 aromatic rings. The summed E-state index contributed by atoms with van der Waals surface area (Å²) in [6.45, 7) is 7.86. The van der Waals surface area contributed by atoms with E-state index in [2.05, 4.69) is 43.5 Å². The third-order valence-corrected chi connectivity index (χ3v) is 9.57. The number of nitrogens with zero attached hydrogens (tertiary/aromatic N) is 2. The van der Waals surface area contributed by atoms with E-state index in [1.54, 1.807) is 45.2 Å². The zero-order valence-electron chi connectivity index (χ0n) is 25.7. The van der Waals surface area contributed by atoms with Gasteiger partial charge in [0.2, 0.25) is 0 Å². The summed E-state index contributed by atoms with van der Waals surface area (Å²) in [4.78, 5) is 32.5. The Balaban J connectivity index is 1.57. The van der Waals surface area contributed by atoms with E-state index in [1.165, 1.54) is 15.9 Å². The molecule has 0 radical (unpaired) electrons. The van der Waals surface area contributed by atoms with Gasteiger partial charge in [0.05, 0.1) is 51.2 Å². The molecule has 2 heterocycles. The minimum absolute atomic E-state index is 0.0725. The van der Waals surface area contributed by atoms with Gasteiger partial charge in [-0.05, 0) is 125 Å². The highest BCUT2D eigenvalue weighted by atomic mass is 127. The van der Waals surface area contributed by atoms with Crippen molar-refractivity contribution in [2.75, 3.05) is 13.7 Å². The maximum atomic E-state index is 14.1. The molecule has 3 aromatic carbocycles. The van der Waals surface area contributed by atoms with Crippen LogP contribution in [-0.4, -0.2) is 30.4 Å². The van der Waals surface area contributed by atoms with Crippen LogP contribution in [0.5, 0.6) is 17.2 Å². The second kappa shape index (κ2) is 14.7. The van der Waals surface area contributed by atoms with Crippen LogP contribution in [0.1, 0.15) is 50.4 Å². The van der Waals surface area contributed by atoms with Crippen LogP contribution in [0.3, 0.4) is 0 Å². The topological polar surface area (TPSA) is 88.4 Å². The first kappa shape index (κ1) is 34.2. The van der Waals surface area contributed by atoms with Gasteiger partial charge in [-0.15, -0.1) is 0 Å². The molecule has 0 bridgehead atoms.